The van der Waals surface area contributed by atoms with Gasteiger partial charge in [-0.25, -0.2) is 15.8 Å². The number of pyridine rings is 1. The van der Waals surface area contributed by atoms with Gasteiger partial charge in [-0.05, 0) is 35.0 Å². The number of nitrogen functional groups attached to an aromatic ring is 1. The second-order valence-electron chi connectivity index (χ2n) is 3.70. The molecular weight excluding hydrogens is 298 g/mol. The van der Waals surface area contributed by atoms with Gasteiger partial charge in [0.05, 0.1) is 12.2 Å². The van der Waals surface area contributed by atoms with Crippen LogP contribution < -0.4 is 16.8 Å². The SMILES string of the molecule is Cc1ncc(Br)c(=O)n1Cc1cccc(NN)n1. The van der Waals surface area contributed by atoms with Crippen LogP contribution in [0.4, 0.5) is 5.82 Å². The fourth-order valence-electron chi connectivity index (χ4n) is 1.55. The number of aromatic nitrogens is 3. The molecule has 7 heteroatoms. The molecule has 0 fully saturated rings. The van der Waals surface area contributed by atoms with Crippen LogP contribution >= 0.6 is 15.9 Å². The molecule has 2 heterocycles. The van der Waals surface area contributed by atoms with Crippen molar-refractivity contribution in [2.75, 3.05) is 5.43 Å². The zero-order chi connectivity index (χ0) is 13.1. The minimum atomic E-state index is -0.129. The molecule has 2 aromatic heterocycles. The lowest BCUT2D eigenvalue weighted by atomic mass is 10.3. The zero-order valence-electron chi connectivity index (χ0n) is 9.72. The fraction of sp³-hybridized carbons (Fsp3) is 0.182. The van der Waals surface area contributed by atoms with Crippen molar-refractivity contribution < 1.29 is 0 Å². The van der Waals surface area contributed by atoms with Crippen molar-refractivity contribution in [1.82, 2.24) is 14.5 Å². The standard InChI is InChI=1S/C11H12BrN5O/c1-7-14-5-9(12)11(18)17(7)6-8-3-2-4-10(15-8)16-13/h2-5H,6,13H2,1H3,(H,15,16). The van der Waals surface area contributed by atoms with Gasteiger partial charge in [0.2, 0.25) is 0 Å². The monoisotopic (exact) mass is 309 g/mol. The second kappa shape index (κ2) is 5.28. The second-order valence-corrected chi connectivity index (χ2v) is 4.56. The first-order valence-corrected chi connectivity index (χ1v) is 6.05. The number of nitrogens with one attached hydrogen (secondary N) is 1. The van der Waals surface area contributed by atoms with Crippen molar-refractivity contribution in [1.29, 1.82) is 0 Å². The Kier molecular flexibility index (Phi) is 3.73. The first kappa shape index (κ1) is 12.7. The van der Waals surface area contributed by atoms with Gasteiger partial charge < -0.3 is 5.43 Å². The molecule has 0 spiro atoms. The van der Waals surface area contributed by atoms with E-state index < -0.39 is 0 Å². The van der Waals surface area contributed by atoms with Crippen LogP contribution in [0.25, 0.3) is 0 Å². The lowest BCUT2D eigenvalue weighted by Gasteiger charge is -2.09. The number of halogens is 1. The lowest BCUT2D eigenvalue weighted by Crippen LogP contribution is -2.25. The lowest BCUT2D eigenvalue weighted by molar-refractivity contribution is 0.682. The quantitative estimate of drug-likeness (QED) is 0.653. The van der Waals surface area contributed by atoms with Crippen molar-refractivity contribution in [3.8, 4) is 0 Å². The largest absolute Gasteiger partial charge is 0.308 e. The van der Waals surface area contributed by atoms with Gasteiger partial charge in [-0.3, -0.25) is 9.36 Å². The summed E-state index contributed by atoms with van der Waals surface area (Å²) in [4.78, 5) is 20.3. The zero-order valence-corrected chi connectivity index (χ0v) is 11.3. The van der Waals surface area contributed by atoms with Crippen LogP contribution in [0.3, 0.4) is 0 Å². The Morgan fingerprint density at radius 2 is 2.28 bits per heavy atom. The van der Waals surface area contributed by atoms with Gasteiger partial charge in [0.1, 0.15) is 16.1 Å². The highest BCUT2D eigenvalue weighted by atomic mass is 79.9. The summed E-state index contributed by atoms with van der Waals surface area (Å²) >= 11 is 3.17. The molecule has 0 aliphatic heterocycles. The van der Waals surface area contributed by atoms with Crippen LogP contribution in [0.2, 0.25) is 0 Å². The minimum Gasteiger partial charge on any atom is -0.308 e. The Hall–Kier alpha value is -1.73. The Bertz CT molecular complexity index is 625. The third-order valence-corrected chi connectivity index (χ3v) is 3.02. The molecule has 0 saturated carbocycles. The maximum atomic E-state index is 12.0. The predicted octanol–water partition coefficient (Wildman–Crippen LogP) is 1.04. The van der Waals surface area contributed by atoms with E-state index in [1.54, 1.807) is 17.6 Å². The molecule has 2 aromatic rings. The minimum absolute atomic E-state index is 0.129. The van der Waals surface area contributed by atoms with E-state index in [-0.39, 0.29) is 5.56 Å². The summed E-state index contributed by atoms with van der Waals surface area (Å²) in [5.74, 6) is 6.49. The Balaban J connectivity index is 2.40. The van der Waals surface area contributed by atoms with E-state index in [4.69, 9.17) is 5.84 Å². The Morgan fingerprint density at radius 3 is 3.00 bits per heavy atom. The van der Waals surface area contributed by atoms with Crippen molar-refractivity contribution >= 4 is 21.7 Å². The number of aryl methyl sites for hydroxylation is 1. The molecule has 0 aromatic carbocycles. The molecule has 0 unspecified atom stereocenters. The van der Waals surface area contributed by atoms with Crippen molar-refractivity contribution in [3.05, 3.63) is 50.7 Å². The van der Waals surface area contributed by atoms with Gasteiger partial charge in [-0.1, -0.05) is 6.07 Å². The topological polar surface area (TPSA) is 85.8 Å². The molecule has 0 radical (unpaired) electrons. The number of hydrogen-bond acceptors (Lipinski definition) is 5. The third kappa shape index (κ3) is 2.57. The Morgan fingerprint density at radius 1 is 1.50 bits per heavy atom. The summed E-state index contributed by atoms with van der Waals surface area (Å²) in [6, 6.07) is 5.40. The summed E-state index contributed by atoms with van der Waals surface area (Å²) in [6.45, 7) is 2.13. The summed E-state index contributed by atoms with van der Waals surface area (Å²) in [5, 5.41) is 0. The summed E-state index contributed by atoms with van der Waals surface area (Å²) in [6.07, 6.45) is 1.50. The summed E-state index contributed by atoms with van der Waals surface area (Å²) in [5.41, 5.74) is 3.07. The van der Waals surface area contributed by atoms with Gasteiger partial charge in [0.25, 0.3) is 5.56 Å². The first-order chi connectivity index (χ1) is 8.61. The average Bonchev–Trinajstić information content (AvgIpc) is 2.39. The number of nitrogens with two attached hydrogens (primary N) is 1. The molecular formula is C11H12BrN5O. The van der Waals surface area contributed by atoms with Crippen molar-refractivity contribution in [2.24, 2.45) is 5.84 Å². The van der Waals surface area contributed by atoms with Crippen LogP contribution in [0.15, 0.2) is 33.7 Å². The molecule has 3 N–H and O–H groups in total. The molecule has 0 saturated heterocycles. The van der Waals surface area contributed by atoms with Gasteiger partial charge >= 0.3 is 0 Å². The molecule has 6 nitrogen and oxygen atoms in total. The normalized spacial score (nSPS) is 10.4. The third-order valence-electron chi connectivity index (χ3n) is 2.48. The maximum absolute atomic E-state index is 12.0. The van der Waals surface area contributed by atoms with Gasteiger partial charge in [-0.2, -0.15) is 0 Å². The molecule has 0 atom stereocenters. The molecule has 0 aliphatic carbocycles. The number of anilines is 1. The smallest absolute Gasteiger partial charge is 0.268 e. The Labute approximate surface area is 112 Å². The fourth-order valence-corrected chi connectivity index (χ4v) is 1.86. The highest BCUT2D eigenvalue weighted by Crippen LogP contribution is 2.07. The van der Waals surface area contributed by atoms with E-state index in [1.165, 1.54) is 6.20 Å². The van der Waals surface area contributed by atoms with E-state index in [0.29, 0.717) is 22.7 Å². The van der Waals surface area contributed by atoms with E-state index in [0.717, 1.165) is 5.69 Å². The molecule has 0 amide bonds. The number of hydrogen-bond donors (Lipinski definition) is 2. The van der Waals surface area contributed by atoms with Crippen molar-refractivity contribution in [2.45, 2.75) is 13.5 Å². The molecule has 94 valence electrons. The molecule has 2 rings (SSSR count). The van der Waals surface area contributed by atoms with E-state index in [1.807, 2.05) is 12.1 Å². The highest BCUT2D eigenvalue weighted by Gasteiger charge is 2.07. The summed E-state index contributed by atoms with van der Waals surface area (Å²) in [7, 11) is 0. The van der Waals surface area contributed by atoms with Crippen molar-refractivity contribution in [3.63, 3.8) is 0 Å². The van der Waals surface area contributed by atoms with E-state index in [9.17, 15) is 4.79 Å². The van der Waals surface area contributed by atoms with Crippen LogP contribution in [0.1, 0.15) is 11.5 Å². The van der Waals surface area contributed by atoms with Crippen LogP contribution in [0, 0.1) is 6.92 Å². The molecule has 18 heavy (non-hydrogen) atoms. The number of rotatable bonds is 3. The van der Waals surface area contributed by atoms with Gasteiger partial charge in [0.15, 0.2) is 0 Å². The van der Waals surface area contributed by atoms with E-state index >= 15 is 0 Å². The maximum Gasteiger partial charge on any atom is 0.268 e. The van der Waals surface area contributed by atoms with Crippen LogP contribution in [-0.2, 0) is 6.54 Å². The average molecular weight is 310 g/mol. The molecule has 0 bridgehead atoms. The number of nitrogens with zero attached hydrogens (tertiary/aromatic N) is 3. The van der Waals surface area contributed by atoms with Gasteiger partial charge in [0, 0.05) is 6.20 Å². The molecule has 0 aliphatic rings. The highest BCUT2D eigenvalue weighted by molar-refractivity contribution is 9.10. The number of hydrazine groups is 1. The van der Waals surface area contributed by atoms with Crippen LogP contribution in [-0.4, -0.2) is 14.5 Å². The van der Waals surface area contributed by atoms with Crippen LogP contribution in [0.5, 0.6) is 0 Å². The van der Waals surface area contributed by atoms with Gasteiger partial charge in [-0.15, -0.1) is 0 Å². The summed E-state index contributed by atoms with van der Waals surface area (Å²) < 4.78 is 1.98. The van der Waals surface area contributed by atoms with E-state index in [2.05, 4.69) is 31.3 Å². The predicted molar refractivity (Wildman–Crippen MR) is 72.1 cm³/mol. The first-order valence-electron chi connectivity index (χ1n) is 5.26.